The molecule has 2 rings (SSSR count). The Bertz CT molecular complexity index is 730. The number of para-hydroxylation sites is 1. The summed E-state index contributed by atoms with van der Waals surface area (Å²) in [6.07, 6.45) is -0.229. The highest BCUT2D eigenvalue weighted by Gasteiger charge is 2.21. The van der Waals surface area contributed by atoms with Gasteiger partial charge in [-0.2, -0.15) is 0 Å². The second kappa shape index (κ2) is 9.08. The van der Waals surface area contributed by atoms with E-state index in [4.69, 9.17) is 21.1 Å². The van der Waals surface area contributed by atoms with E-state index in [1.807, 2.05) is 6.92 Å². The van der Waals surface area contributed by atoms with Gasteiger partial charge in [0.1, 0.15) is 5.75 Å². The van der Waals surface area contributed by atoms with Crippen LogP contribution in [0.2, 0.25) is 5.02 Å². The van der Waals surface area contributed by atoms with Crippen molar-refractivity contribution in [2.24, 2.45) is 0 Å². The van der Waals surface area contributed by atoms with E-state index in [9.17, 15) is 9.59 Å². The Kier molecular flexibility index (Phi) is 6.83. The number of carbonyl (C=O) groups is 2. The average Bonchev–Trinajstić information content (AvgIpc) is 2.61. The maximum atomic E-state index is 12.5. The molecule has 2 aromatic carbocycles. The van der Waals surface area contributed by atoms with Crippen LogP contribution in [0.4, 0.5) is 5.69 Å². The van der Waals surface area contributed by atoms with Crippen LogP contribution in [0, 0.1) is 0 Å². The Balaban J connectivity index is 2.11. The summed E-state index contributed by atoms with van der Waals surface area (Å²) in [6.45, 7) is 3.84. The van der Waals surface area contributed by atoms with Crippen LogP contribution in [-0.2, 0) is 9.53 Å². The summed E-state index contributed by atoms with van der Waals surface area (Å²) >= 11 is 5.85. The molecule has 0 saturated carbocycles. The zero-order valence-corrected chi connectivity index (χ0v) is 14.9. The first-order chi connectivity index (χ1) is 12.0. The maximum Gasteiger partial charge on any atom is 0.340 e. The molecular weight excluding hydrogens is 342 g/mol. The summed E-state index contributed by atoms with van der Waals surface area (Å²) < 4.78 is 10.7. The molecule has 0 fully saturated rings. The molecule has 132 valence electrons. The number of rotatable bonds is 7. The lowest BCUT2D eigenvalue weighted by Crippen LogP contribution is -2.33. The SMILES string of the molecule is CCOC(=O)c1ccccc1NC(=O)[C@H](CC)Oc1ccc(Cl)cc1. The molecule has 2 aromatic rings. The van der Waals surface area contributed by atoms with E-state index in [0.29, 0.717) is 28.4 Å². The molecule has 1 N–H and O–H groups in total. The fourth-order valence-corrected chi connectivity index (χ4v) is 2.32. The highest BCUT2D eigenvalue weighted by Crippen LogP contribution is 2.20. The average molecular weight is 362 g/mol. The van der Waals surface area contributed by atoms with Crippen LogP contribution in [-0.4, -0.2) is 24.6 Å². The minimum absolute atomic E-state index is 0.262. The predicted octanol–water partition coefficient (Wildman–Crippen LogP) is 4.31. The fourth-order valence-electron chi connectivity index (χ4n) is 2.19. The number of hydrogen-bond donors (Lipinski definition) is 1. The lowest BCUT2D eigenvalue weighted by molar-refractivity contribution is -0.122. The first-order valence-electron chi connectivity index (χ1n) is 8.04. The highest BCUT2D eigenvalue weighted by atomic mass is 35.5. The van der Waals surface area contributed by atoms with Crippen molar-refractivity contribution in [3.8, 4) is 5.75 Å². The van der Waals surface area contributed by atoms with Gasteiger partial charge in [0.05, 0.1) is 17.9 Å². The van der Waals surface area contributed by atoms with Crippen molar-refractivity contribution in [2.75, 3.05) is 11.9 Å². The van der Waals surface area contributed by atoms with Gasteiger partial charge in [0, 0.05) is 5.02 Å². The van der Waals surface area contributed by atoms with E-state index in [-0.39, 0.29) is 12.5 Å². The van der Waals surface area contributed by atoms with Crippen molar-refractivity contribution >= 4 is 29.2 Å². The van der Waals surface area contributed by atoms with Gasteiger partial charge < -0.3 is 14.8 Å². The van der Waals surface area contributed by atoms with E-state index in [1.54, 1.807) is 55.5 Å². The molecule has 0 radical (unpaired) electrons. The topological polar surface area (TPSA) is 64.6 Å². The number of amides is 1. The quantitative estimate of drug-likeness (QED) is 0.746. The minimum Gasteiger partial charge on any atom is -0.481 e. The number of halogens is 1. The normalized spacial score (nSPS) is 11.5. The van der Waals surface area contributed by atoms with Gasteiger partial charge in [-0.1, -0.05) is 30.7 Å². The smallest absolute Gasteiger partial charge is 0.340 e. The first-order valence-corrected chi connectivity index (χ1v) is 8.42. The molecule has 0 unspecified atom stereocenters. The molecule has 6 heteroatoms. The molecule has 25 heavy (non-hydrogen) atoms. The number of ether oxygens (including phenoxy) is 2. The predicted molar refractivity (Wildman–Crippen MR) is 97.2 cm³/mol. The third kappa shape index (κ3) is 5.22. The van der Waals surface area contributed by atoms with Crippen LogP contribution in [0.15, 0.2) is 48.5 Å². The Hall–Kier alpha value is -2.53. The Morgan fingerprint density at radius 2 is 1.76 bits per heavy atom. The summed E-state index contributed by atoms with van der Waals surface area (Å²) in [7, 11) is 0. The minimum atomic E-state index is -0.698. The molecule has 0 heterocycles. The molecule has 0 aliphatic heterocycles. The van der Waals surface area contributed by atoms with Crippen LogP contribution in [0.3, 0.4) is 0 Å². The van der Waals surface area contributed by atoms with E-state index < -0.39 is 12.1 Å². The summed E-state index contributed by atoms with van der Waals surface area (Å²) in [5.41, 5.74) is 0.697. The summed E-state index contributed by atoms with van der Waals surface area (Å²) in [6, 6.07) is 13.5. The molecule has 0 aliphatic rings. The highest BCUT2D eigenvalue weighted by molar-refractivity contribution is 6.30. The Morgan fingerprint density at radius 1 is 1.08 bits per heavy atom. The zero-order valence-electron chi connectivity index (χ0n) is 14.1. The fraction of sp³-hybridized carbons (Fsp3) is 0.263. The monoisotopic (exact) mass is 361 g/mol. The Morgan fingerprint density at radius 3 is 2.40 bits per heavy atom. The van der Waals surface area contributed by atoms with Crippen LogP contribution in [0.5, 0.6) is 5.75 Å². The van der Waals surface area contributed by atoms with E-state index >= 15 is 0 Å². The van der Waals surface area contributed by atoms with Crippen LogP contribution in [0.25, 0.3) is 0 Å². The number of esters is 1. The summed E-state index contributed by atoms with van der Waals surface area (Å²) in [4.78, 5) is 24.5. The van der Waals surface area contributed by atoms with Gasteiger partial charge in [0.25, 0.3) is 5.91 Å². The van der Waals surface area contributed by atoms with Crippen molar-refractivity contribution in [2.45, 2.75) is 26.4 Å². The molecule has 0 aromatic heterocycles. The largest absolute Gasteiger partial charge is 0.481 e. The number of anilines is 1. The van der Waals surface area contributed by atoms with Gasteiger partial charge >= 0.3 is 5.97 Å². The molecule has 0 bridgehead atoms. The molecule has 0 saturated heterocycles. The second-order valence-corrected chi connectivity index (χ2v) is 5.66. The molecule has 0 spiro atoms. The molecule has 0 aliphatic carbocycles. The number of carbonyl (C=O) groups excluding carboxylic acids is 2. The first kappa shape index (κ1) is 18.8. The Labute approximate surface area is 151 Å². The second-order valence-electron chi connectivity index (χ2n) is 5.22. The third-order valence-corrected chi connectivity index (χ3v) is 3.69. The lowest BCUT2D eigenvalue weighted by Gasteiger charge is -2.18. The number of benzene rings is 2. The third-order valence-electron chi connectivity index (χ3n) is 3.44. The van der Waals surface area contributed by atoms with Crippen molar-refractivity contribution in [1.29, 1.82) is 0 Å². The molecule has 1 amide bonds. The zero-order chi connectivity index (χ0) is 18.2. The van der Waals surface area contributed by atoms with Crippen molar-refractivity contribution in [3.63, 3.8) is 0 Å². The van der Waals surface area contributed by atoms with E-state index in [1.165, 1.54) is 0 Å². The van der Waals surface area contributed by atoms with Crippen molar-refractivity contribution in [1.82, 2.24) is 0 Å². The van der Waals surface area contributed by atoms with Gasteiger partial charge in [-0.3, -0.25) is 4.79 Å². The number of hydrogen-bond acceptors (Lipinski definition) is 4. The summed E-state index contributed by atoms with van der Waals surface area (Å²) in [5.74, 6) is -0.274. The maximum absolute atomic E-state index is 12.5. The van der Waals surface area contributed by atoms with E-state index in [0.717, 1.165) is 0 Å². The van der Waals surface area contributed by atoms with Crippen LogP contribution >= 0.6 is 11.6 Å². The molecular formula is C19H20ClNO4. The lowest BCUT2D eigenvalue weighted by atomic mass is 10.1. The standard InChI is InChI=1S/C19H20ClNO4/c1-3-17(25-14-11-9-13(20)10-12-14)18(22)21-16-8-6-5-7-15(16)19(23)24-4-2/h5-12,17H,3-4H2,1-2H3,(H,21,22)/t17-/m0/s1. The van der Waals surface area contributed by atoms with Crippen molar-refractivity contribution < 1.29 is 19.1 Å². The van der Waals surface area contributed by atoms with Gasteiger partial charge in [-0.15, -0.1) is 0 Å². The molecule has 5 nitrogen and oxygen atoms in total. The van der Waals surface area contributed by atoms with Crippen LogP contribution in [0.1, 0.15) is 30.6 Å². The van der Waals surface area contributed by atoms with Crippen LogP contribution < -0.4 is 10.1 Å². The van der Waals surface area contributed by atoms with Gasteiger partial charge in [-0.25, -0.2) is 4.79 Å². The van der Waals surface area contributed by atoms with Crippen molar-refractivity contribution in [3.05, 3.63) is 59.1 Å². The number of nitrogens with one attached hydrogen (secondary N) is 1. The summed E-state index contributed by atoms with van der Waals surface area (Å²) in [5, 5.41) is 3.33. The van der Waals surface area contributed by atoms with Gasteiger partial charge in [-0.05, 0) is 49.7 Å². The van der Waals surface area contributed by atoms with Gasteiger partial charge in [0.2, 0.25) is 0 Å². The van der Waals surface area contributed by atoms with E-state index in [2.05, 4.69) is 5.32 Å². The van der Waals surface area contributed by atoms with Gasteiger partial charge in [0.15, 0.2) is 6.10 Å². The molecule has 1 atom stereocenters.